The van der Waals surface area contributed by atoms with Crippen LogP contribution < -0.4 is 5.32 Å². The number of anilines is 1. The average Bonchev–Trinajstić information content (AvgIpc) is 2.74. The third-order valence-electron chi connectivity index (χ3n) is 4.37. The quantitative estimate of drug-likeness (QED) is 0.876. The molecule has 8 heteroatoms. The Balaban J connectivity index is 1.63. The van der Waals surface area contributed by atoms with E-state index in [0.717, 1.165) is 0 Å². The Morgan fingerprint density at radius 2 is 1.71 bits per heavy atom. The molecule has 0 bridgehead atoms. The first kappa shape index (κ1) is 19.3. The van der Waals surface area contributed by atoms with E-state index in [9.17, 15) is 14.4 Å². The Hall–Kier alpha value is -3.42. The number of hydrogen-bond donors (Lipinski definition) is 1. The van der Waals surface area contributed by atoms with Crippen molar-refractivity contribution in [1.82, 2.24) is 14.8 Å². The molecule has 1 saturated heterocycles. The molecule has 1 aliphatic rings. The summed E-state index contributed by atoms with van der Waals surface area (Å²) in [5.41, 5.74) is 1.23. The van der Waals surface area contributed by atoms with E-state index >= 15 is 0 Å². The van der Waals surface area contributed by atoms with Gasteiger partial charge in [0.2, 0.25) is 0 Å². The summed E-state index contributed by atoms with van der Waals surface area (Å²) < 4.78 is 4.98. The highest BCUT2D eigenvalue weighted by atomic mass is 16.6. The van der Waals surface area contributed by atoms with Gasteiger partial charge >= 0.3 is 6.09 Å². The van der Waals surface area contributed by atoms with Crippen molar-refractivity contribution in [3.8, 4) is 0 Å². The predicted molar refractivity (Wildman–Crippen MR) is 103 cm³/mol. The molecular formula is C20H22N4O4. The molecule has 1 aromatic heterocycles. The molecule has 8 nitrogen and oxygen atoms in total. The first-order valence-electron chi connectivity index (χ1n) is 9.12. The maximum Gasteiger partial charge on any atom is 0.409 e. The molecule has 0 aliphatic carbocycles. The minimum Gasteiger partial charge on any atom is -0.450 e. The summed E-state index contributed by atoms with van der Waals surface area (Å²) >= 11 is 0. The molecule has 2 aromatic rings. The fourth-order valence-corrected chi connectivity index (χ4v) is 2.88. The van der Waals surface area contributed by atoms with Gasteiger partial charge in [0.1, 0.15) is 5.69 Å². The molecule has 0 saturated carbocycles. The number of nitrogens with zero attached hydrogens (tertiary/aromatic N) is 3. The van der Waals surface area contributed by atoms with Crippen molar-refractivity contribution in [2.24, 2.45) is 0 Å². The van der Waals surface area contributed by atoms with E-state index in [1.807, 2.05) is 18.2 Å². The molecule has 1 fully saturated rings. The second-order valence-electron chi connectivity index (χ2n) is 6.23. The highest BCUT2D eigenvalue weighted by Crippen LogP contribution is 2.12. The van der Waals surface area contributed by atoms with Crippen LogP contribution in [0.5, 0.6) is 0 Å². The molecule has 1 aliphatic heterocycles. The zero-order valence-electron chi connectivity index (χ0n) is 15.6. The number of benzene rings is 1. The number of pyridine rings is 1. The number of piperazine rings is 1. The average molecular weight is 382 g/mol. The van der Waals surface area contributed by atoms with E-state index in [1.54, 1.807) is 34.9 Å². The van der Waals surface area contributed by atoms with Crippen LogP contribution in [0.15, 0.2) is 48.7 Å². The van der Waals surface area contributed by atoms with Gasteiger partial charge in [0.15, 0.2) is 0 Å². The first-order chi connectivity index (χ1) is 13.6. The van der Waals surface area contributed by atoms with Crippen molar-refractivity contribution >= 4 is 23.6 Å². The summed E-state index contributed by atoms with van der Waals surface area (Å²) in [6.07, 6.45) is 1.08. The van der Waals surface area contributed by atoms with Crippen LogP contribution in [0.2, 0.25) is 0 Å². The number of aromatic nitrogens is 1. The fraction of sp³-hybridized carbons (Fsp3) is 0.300. The normalized spacial score (nSPS) is 13.8. The zero-order valence-corrected chi connectivity index (χ0v) is 15.6. The number of carbonyl (C=O) groups is 3. The highest BCUT2D eigenvalue weighted by Gasteiger charge is 2.26. The van der Waals surface area contributed by atoms with Gasteiger partial charge in [-0.1, -0.05) is 18.2 Å². The van der Waals surface area contributed by atoms with E-state index < -0.39 is 0 Å². The van der Waals surface area contributed by atoms with Gasteiger partial charge in [-0.3, -0.25) is 14.6 Å². The van der Waals surface area contributed by atoms with E-state index in [0.29, 0.717) is 44.0 Å². The molecule has 2 heterocycles. The Bertz CT molecular complexity index is 848. The third kappa shape index (κ3) is 4.64. The summed E-state index contributed by atoms with van der Waals surface area (Å²) in [4.78, 5) is 44.2. The lowest BCUT2D eigenvalue weighted by molar-refractivity contribution is 0.0566. The van der Waals surface area contributed by atoms with Gasteiger partial charge in [-0.05, 0) is 31.2 Å². The van der Waals surface area contributed by atoms with Crippen LogP contribution in [0.1, 0.15) is 27.8 Å². The first-order valence-corrected chi connectivity index (χ1v) is 9.12. The van der Waals surface area contributed by atoms with Gasteiger partial charge in [-0.25, -0.2) is 4.79 Å². The molecule has 0 unspecified atom stereocenters. The molecule has 3 rings (SSSR count). The lowest BCUT2D eigenvalue weighted by Gasteiger charge is -2.33. The largest absolute Gasteiger partial charge is 0.450 e. The second-order valence-corrected chi connectivity index (χ2v) is 6.23. The van der Waals surface area contributed by atoms with Crippen LogP contribution in [0.25, 0.3) is 0 Å². The summed E-state index contributed by atoms with van der Waals surface area (Å²) in [5.74, 6) is -0.576. The van der Waals surface area contributed by atoms with Gasteiger partial charge in [-0.2, -0.15) is 0 Å². The molecule has 0 radical (unpaired) electrons. The zero-order chi connectivity index (χ0) is 19.9. The predicted octanol–water partition coefficient (Wildman–Crippen LogP) is 2.25. The smallest absolute Gasteiger partial charge is 0.409 e. The van der Waals surface area contributed by atoms with Crippen molar-refractivity contribution in [3.05, 3.63) is 59.9 Å². The van der Waals surface area contributed by atoms with Crippen LogP contribution in [0.4, 0.5) is 10.5 Å². The topological polar surface area (TPSA) is 91.8 Å². The third-order valence-corrected chi connectivity index (χ3v) is 4.37. The standard InChI is InChI=1S/C20H22N4O4/c1-2-28-20(27)24-12-10-23(11-13-24)19(26)17-14-15(8-9-21-17)18(25)22-16-6-4-3-5-7-16/h3-9,14H,2,10-13H2,1H3,(H,22,25). The van der Waals surface area contributed by atoms with Crippen molar-refractivity contribution in [1.29, 1.82) is 0 Å². The Kier molecular flexibility index (Phi) is 6.21. The second kappa shape index (κ2) is 8.98. The molecule has 28 heavy (non-hydrogen) atoms. The van der Waals surface area contributed by atoms with Gasteiger partial charge in [0.25, 0.3) is 11.8 Å². The number of hydrogen-bond acceptors (Lipinski definition) is 5. The van der Waals surface area contributed by atoms with Crippen molar-refractivity contribution in [3.63, 3.8) is 0 Å². The number of para-hydroxylation sites is 1. The van der Waals surface area contributed by atoms with Crippen LogP contribution in [-0.2, 0) is 4.74 Å². The minimum atomic E-state index is -0.368. The molecule has 3 amide bonds. The van der Waals surface area contributed by atoms with Crippen LogP contribution in [0.3, 0.4) is 0 Å². The van der Waals surface area contributed by atoms with E-state index in [4.69, 9.17) is 4.74 Å². The Labute approximate surface area is 163 Å². The fourth-order valence-electron chi connectivity index (χ4n) is 2.88. The summed E-state index contributed by atoms with van der Waals surface area (Å²) in [6.45, 7) is 3.65. The Morgan fingerprint density at radius 1 is 1.04 bits per heavy atom. The summed E-state index contributed by atoms with van der Waals surface area (Å²) in [5, 5.41) is 2.78. The molecule has 0 spiro atoms. The van der Waals surface area contributed by atoms with E-state index in [2.05, 4.69) is 10.3 Å². The highest BCUT2D eigenvalue weighted by molar-refractivity contribution is 6.05. The van der Waals surface area contributed by atoms with Crippen LogP contribution in [0, 0.1) is 0 Å². The molecule has 1 aromatic carbocycles. The monoisotopic (exact) mass is 382 g/mol. The molecule has 0 atom stereocenters. The molecular weight excluding hydrogens is 360 g/mol. The number of carbonyl (C=O) groups excluding carboxylic acids is 3. The van der Waals surface area contributed by atoms with Crippen LogP contribution in [-0.4, -0.2) is 65.5 Å². The van der Waals surface area contributed by atoms with E-state index in [1.165, 1.54) is 12.3 Å². The number of ether oxygens (including phenoxy) is 1. The summed E-state index contributed by atoms with van der Waals surface area (Å²) in [7, 11) is 0. The maximum absolute atomic E-state index is 12.7. The van der Waals surface area contributed by atoms with Crippen molar-refractivity contribution < 1.29 is 19.1 Å². The van der Waals surface area contributed by atoms with Crippen LogP contribution >= 0.6 is 0 Å². The molecule has 1 N–H and O–H groups in total. The number of amides is 3. The lowest BCUT2D eigenvalue weighted by atomic mass is 10.2. The van der Waals surface area contributed by atoms with Crippen molar-refractivity contribution in [2.45, 2.75) is 6.92 Å². The number of rotatable bonds is 4. The lowest BCUT2D eigenvalue weighted by Crippen LogP contribution is -2.50. The number of nitrogens with one attached hydrogen (secondary N) is 1. The SMILES string of the molecule is CCOC(=O)N1CCN(C(=O)c2cc(C(=O)Nc3ccccc3)ccn2)CC1. The summed E-state index contributed by atoms with van der Waals surface area (Å²) in [6, 6.07) is 12.1. The van der Waals surface area contributed by atoms with Gasteiger partial charge in [0, 0.05) is 43.6 Å². The van der Waals surface area contributed by atoms with Gasteiger partial charge in [0.05, 0.1) is 6.61 Å². The molecule has 146 valence electrons. The Morgan fingerprint density at radius 3 is 2.39 bits per heavy atom. The minimum absolute atomic E-state index is 0.199. The van der Waals surface area contributed by atoms with Gasteiger partial charge < -0.3 is 19.9 Å². The maximum atomic E-state index is 12.7. The van der Waals surface area contributed by atoms with Gasteiger partial charge in [-0.15, -0.1) is 0 Å². The van der Waals surface area contributed by atoms with Crippen molar-refractivity contribution in [2.75, 3.05) is 38.1 Å². The van der Waals surface area contributed by atoms with E-state index in [-0.39, 0.29) is 23.6 Å².